The van der Waals surface area contributed by atoms with Crippen molar-refractivity contribution in [2.24, 2.45) is 0 Å². The van der Waals surface area contributed by atoms with Gasteiger partial charge in [0.05, 0.1) is 5.75 Å². The van der Waals surface area contributed by atoms with Crippen LogP contribution in [0.2, 0.25) is 0 Å². The quantitative estimate of drug-likeness (QED) is 0.816. The summed E-state index contributed by atoms with van der Waals surface area (Å²) in [6, 6.07) is 9.72. The molecular weight excluding hydrogens is 324 g/mol. The second-order valence-electron chi connectivity index (χ2n) is 6.20. The molecule has 0 unspecified atom stereocenters. The summed E-state index contributed by atoms with van der Waals surface area (Å²) in [6.07, 6.45) is 3.45. The zero-order valence-electron chi connectivity index (χ0n) is 13.7. The number of hydrogen-bond donors (Lipinski definition) is 1. The first kappa shape index (κ1) is 16.6. The van der Waals surface area contributed by atoms with E-state index in [1.807, 2.05) is 30.3 Å². The minimum absolute atomic E-state index is 0.0191. The molecule has 1 N–H and O–H groups in total. The van der Waals surface area contributed by atoms with Crippen LogP contribution < -0.4 is 14.8 Å². The predicted molar refractivity (Wildman–Crippen MR) is 93.6 cm³/mol. The van der Waals surface area contributed by atoms with E-state index in [1.54, 1.807) is 12.4 Å². The molecule has 1 amide bonds. The Kier molecular flexibility index (Phi) is 4.94. The van der Waals surface area contributed by atoms with E-state index in [9.17, 15) is 4.79 Å². The Hall–Kier alpha value is -2.21. The molecule has 126 valence electrons. The molecule has 2 heterocycles. The molecule has 1 aliphatic rings. The molecule has 0 spiro atoms. The molecule has 6 heteroatoms. The number of nitrogens with zero attached hydrogens (tertiary/aromatic N) is 1. The van der Waals surface area contributed by atoms with Crippen molar-refractivity contribution in [3.8, 4) is 11.5 Å². The van der Waals surface area contributed by atoms with Crippen molar-refractivity contribution in [1.29, 1.82) is 0 Å². The van der Waals surface area contributed by atoms with Crippen molar-refractivity contribution < 1.29 is 14.3 Å². The minimum atomic E-state index is -0.196. The Morgan fingerprint density at radius 1 is 1.21 bits per heavy atom. The number of hydrogen-bond acceptors (Lipinski definition) is 5. The van der Waals surface area contributed by atoms with Crippen LogP contribution in [0, 0.1) is 0 Å². The number of pyridine rings is 1. The third kappa shape index (κ3) is 4.00. The van der Waals surface area contributed by atoms with Crippen molar-refractivity contribution in [2.45, 2.75) is 24.2 Å². The predicted octanol–water partition coefficient (Wildman–Crippen LogP) is 3.00. The maximum Gasteiger partial charge on any atom is 0.231 e. The number of aromatic nitrogens is 1. The summed E-state index contributed by atoms with van der Waals surface area (Å²) in [7, 11) is 0. The van der Waals surface area contributed by atoms with Crippen molar-refractivity contribution >= 4 is 17.7 Å². The lowest BCUT2D eigenvalue weighted by atomic mass is 9.84. The number of rotatable bonds is 6. The summed E-state index contributed by atoms with van der Waals surface area (Å²) in [5.41, 5.74) is 0.909. The van der Waals surface area contributed by atoms with Gasteiger partial charge in [0.2, 0.25) is 12.7 Å². The van der Waals surface area contributed by atoms with Gasteiger partial charge in [-0.05, 0) is 29.8 Å². The fraction of sp³-hybridized carbons (Fsp3) is 0.333. The van der Waals surface area contributed by atoms with E-state index < -0.39 is 0 Å². The van der Waals surface area contributed by atoms with Crippen molar-refractivity contribution in [3.05, 3.63) is 48.3 Å². The fourth-order valence-corrected chi connectivity index (χ4v) is 3.09. The fourth-order valence-electron chi connectivity index (χ4n) is 2.37. The highest BCUT2D eigenvalue weighted by Gasteiger charge is 2.24. The average molecular weight is 344 g/mol. The number of amides is 1. The van der Waals surface area contributed by atoms with Gasteiger partial charge in [0.25, 0.3) is 0 Å². The highest BCUT2D eigenvalue weighted by atomic mass is 32.2. The maximum absolute atomic E-state index is 12.1. The Labute approximate surface area is 145 Å². The topological polar surface area (TPSA) is 60.5 Å². The van der Waals surface area contributed by atoms with Crippen molar-refractivity contribution in [2.75, 3.05) is 19.1 Å². The van der Waals surface area contributed by atoms with E-state index in [-0.39, 0.29) is 18.1 Å². The number of ether oxygens (including phenoxy) is 2. The Balaban J connectivity index is 1.53. The number of benzene rings is 1. The summed E-state index contributed by atoms with van der Waals surface area (Å²) in [5.74, 6) is 1.94. The smallest absolute Gasteiger partial charge is 0.231 e. The lowest BCUT2D eigenvalue weighted by Crippen LogP contribution is -2.37. The number of carbonyl (C=O) groups excluding carboxylic acids is 1. The van der Waals surface area contributed by atoms with Gasteiger partial charge < -0.3 is 14.8 Å². The number of carbonyl (C=O) groups is 1. The van der Waals surface area contributed by atoms with Gasteiger partial charge >= 0.3 is 0 Å². The molecule has 0 aliphatic carbocycles. The van der Waals surface area contributed by atoms with Crippen molar-refractivity contribution in [1.82, 2.24) is 10.3 Å². The van der Waals surface area contributed by atoms with E-state index in [0.29, 0.717) is 12.3 Å². The normalized spacial score (nSPS) is 12.9. The highest BCUT2D eigenvalue weighted by molar-refractivity contribution is 8.00. The van der Waals surface area contributed by atoms with Crippen LogP contribution in [-0.4, -0.2) is 30.0 Å². The van der Waals surface area contributed by atoms with Crippen LogP contribution >= 0.6 is 11.8 Å². The molecule has 0 fully saturated rings. The monoisotopic (exact) mass is 344 g/mol. The van der Waals surface area contributed by atoms with E-state index in [4.69, 9.17) is 9.47 Å². The van der Waals surface area contributed by atoms with Gasteiger partial charge in [-0.1, -0.05) is 19.9 Å². The van der Waals surface area contributed by atoms with Crippen molar-refractivity contribution in [3.63, 3.8) is 0 Å². The molecule has 24 heavy (non-hydrogen) atoms. The molecule has 1 aliphatic heterocycles. The first-order chi connectivity index (χ1) is 11.5. The average Bonchev–Trinajstić information content (AvgIpc) is 3.07. The van der Waals surface area contributed by atoms with E-state index in [2.05, 4.69) is 24.1 Å². The lowest BCUT2D eigenvalue weighted by molar-refractivity contribution is -0.118. The summed E-state index contributed by atoms with van der Waals surface area (Å²) >= 11 is 1.50. The van der Waals surface area contributed by atoms with Gasteiger partial charge in [0.15, 0.2) is 11.5 Å². The number of nitrogens with one attached hydrogen (secondary N) is 1. The summed E-state index contributed by atoms with van der Waals surface area (Å²) in [4.78, 5) is 17.1. The molecule has 1 aromatic heterocycles. The number of thioether (sulfide) groups is 1. The van der Waals surface area contributed by atoms with Crippen LogP contribution in [-0.2, 0) is 10.2 Å². The molecule has 0 saturated carbocycles. The largest absolute Gasteiger partial charge is 0.454 e. The van der Waals surface area contributed by atoms with Crippen LogP contribution in [0.25, 0.3) is 0 Å². The molecule has 1 aromatic carbocycles. The molecule has 5 nitrogen and oxygen atoms in total. The molecule has 0 radical (unpaired) electrons. The summed E-state index contributed by atoms with van der Waals surface area (Å²) in [6.45, 7) is 5.02. The Morgan fingerprint density at radius 2 is 1.96 bits per heavy atom. The van der Waals surface area contributed by atoms with Crippen LogP contribution in [0.5, 0.6) is 11.5 Å². The van der Waals surface area contributed by atoms with E-state index in [1.165, 1.54) is 11.8 Å². The zero-order valence-corrected chi connectivity index (χ0v) is 14.6. The van der Waals surface area contributed by atoms with Crippen LogP contribution in [0.15, 0.2) is 47.6 Å². The SMILES string of the molecule is CC(C)(CNC(=O)CSc1ccncc1)c1ccc2c(c1)OCO2. The van der Waals surface area contributed by atoms with Gasteiger partial charge in [-0.3, -0.25) is 9.78 Å². The lowest BCUT2D eigenvalue weighted by Gasteiger charge is -2.26. The zero-order chi connectivity index (χ0) is 17.0. The Bertz CT molecular complexity index is 719. The summed E-state index contributed by atoms with van der Waals surface area (Å²) in [5, 5.41) is 3.01. The molecule has 0 bridgehead atoms. The molecule has 0 saturated heterocycles. The molecular formula is C18H20N2O3S. The second-order valence-corrected chi connectivity index (χ2v) is 7.25. The standard InChI is InChI=1S/C18H20N2O3S/c1-18(2,13-3-4-15-16(9-13)23-12-22-15)11-20-17(21)10-24-14-5-7-19-8-6-14/h3-9H,10-12H2,1-2H3,(H,20,21). The van der Waals surface area contributed by atoms with E-state index >= 15 is 0 Å². The highest BCUT2D eigenvalue weighted by Crippen LogP contribution is 2.36. The van der Waals surface area contributed by atoms with Crippen LogP contribution in [0.3, 0.4) is 0 Å². The first-order valence-electron chi connectivity index (χ1n) is 7.74. The van der Waals surface area contributed by atoms with Gasteiger partial charge in [-0.15, -0.1) is 11.8 Å². The van der Waals surface area contributed by atoms with Gasteiger partial charge in [-0.2, -0.15) is 0 Å². The second kappa shape index (κ2) is 7.13. The third-order valence-electron chi connectivity index (χ3n) is 3.90. The van der Waals surface area contributed by atoms with Crippen LogP contribution in [0.4, 0.5) is 0 Å². The molecule has 0 atom stereocenters. The van der Waals surface area contributed by atoms with Gasteiger partial charge in [0, 0.05) is 29.2 Å². The minimum Gasteiger partial charge on any atom is -0.454 e. The van der Waals surface area contributed by atoms with Gasteiger partial charge in [0.1, 0.15) is 0 Å². The molecule has 2 aromatic rings. The number of fused-ring (bicyclic) bond motifs is 1. The maximum atomic E-state index is 12.1. The first-order valence-corrected chi connectivity index (χ1v) is 8.73. The van der Waals surface area contributed by atoms with Gasteiger partial charge in [-0.25, -0.2) is 0 Å². The third-order valence-corrected chi connectivity index (χ3v) is 4.91. The van der Waals surface area contributed by atoms with Crippen LogP contribution in [0.1, 0.15) is 19.4 Å². The molecule has 3 rings (SSSR count). The Morgan fingerprint density at radius 3 is 2.75 bits per heavy atom. The summed E-state index contributed by atoms with van der Waals surface area (Å²) < 4.78 is 10.8. The van der Waals surface area contributed by atoms with E-state index in [0.717, 1.165) is 22.0 Å².